The number of nitriles is 1. The molecule has 0 radical (unpaired) electrons. The summed E-state index contributed by atoms with van der Waals surface area (Å²) in [7, 11) is 0. The van der Waals surface area contributed by atoms with Gasteiger partial charge in [-0.2, -0.15) is 15.3 Å². The van der Waals surface area contributed by atoms with E-state index < -0.39 is 0 Å². The molecule has 2 aromatic carbocycles. The molecular formula is C25H24ClN5O4. The second-order valence-electron chi connectivity index (χ2n) is 8.08. The van der Waals surface area contributed by atoms with Crippen LogP contribution < -0.4 is 4.74 Å². The molecule has 0 aliphatic carbocycles. The fourth-order valence-corrected chi connectivity index (χ4v) is 3.86. The highest BCUT2D eigenvalue weighted by Crippen LogP contribution is 2.33. The first-order valence-electron chi connectivity index (χ1n) is 11.3. The van der Waals surface area contributed by atoms with E-state index in [1.807, 2.05) is 19.9 Å². The predicted octanol–water partition coefficient (Wildman–Crippen LogP) is 5.41. The lowest BCUT2D eigenvalue weighted by Crippen LogP contribution is -2.07. The molecule has 0 aliphatic rings. The number of aromatic nitrogens is 4. The third kappa shape index (κ3) is 5.44. The molecule has 0 atom stereocenters. The van der Waals surface area contributed by atoms with E-state index in [-0.39, 0.29) is 18.0 Å². The molecule has 4 rings (SSSR count). The largest absolute Gasteiger partial charge is 0.490 e. The Morgan fingerprint density at radius 3 is 2.86 bits per heavy atom. The summed E-state index contributed by atoms with van der Waals surface area (Å²) in [5.41, 5.74) is 2.42. The lowest BCUT2D eigenvalue weighted by atomic mass is 10.1. The molecule has 0 saturated carbocycles. The summed E-state index contributed by atoms with van der Waals surface area (Å²) in [4.78, 5) is 16.1. The van der Waals surface area contributed by atoms with Crippen LogP contribution in [0, 0.1) is 11.3 Å². The minimum absolute atomic E-state index is 0.0538. The molecule has 0 unspecified atom stereocenters. The third-order valence-electron chi connectivity index (χ3n) is 5.16. The van der Waals surface area contributed by atoms with Crippen molar-refractivity contribution < 1.29 is 18.8 Å². The Kier molecular flexibility index (Phi) is 7.32. The summed E-state index contributed by atoms with van der Waals surface area (Å²) in [5, 5.41) is 19.3. The third-order valence-corrected chi connectivity index (χ3v) is 5.48. The molecular weight excluding hydrogens is 470 g/mol. The van der Waals surface area contributed by atoms with Crippen LogP contribution >= 0.6 is 11.6 Å². The van der Waals surface area contributed by atoms with E-state index in [9.17, 15) is 10.1 Å². The van der Waals surface area contributed by atoms with Gasteiger partial charge in [0, 0.05) is 29.5 Å². The van der Waals surface area contributed by atoms with Gasteiger partial charge in [0.15, 0.2) is 0 Å². The summed E-state index contributed by atoms with van der Waals surface area (Å²) in [5.74, 6) is 0.862. The number of hydrogen-bond acceptors (Lipinski definition) is 8. The zero-order valence-electron chi connectivity index (χ0n) is 19.6. The van der Waals surface area contributed by atoms with E-state index in [2.05, 4.69) is 21.3 Å². The Labute approximate surface area is 207 Å². The summed E-state index contributed by atoms with van der Waals surface area (Å²) in [6.45, 7) is 6.51. The quantitative estimate of drug-likeness (QED) is 0.284. The number of aryl methyl sites for hydroxylation is 1. The Balaban J connectivity index is 1.56. The van der Waals surface area contributed by atoms with Crippen molar-refractivity contribution in [1.29, 1.82) is 5.26 Å². The number of rotatable bonds is 9. The molecule has 0 saturated heterocycles. The first kappa shape index (κ1) is 24.2. The van der Waals surface area contributed by atoms with Crippen LogP contribution in [-0.4, -0.2) is 38.6 Å². The van der Waals surface area contributed by atoms with E-state index in [1.54, 1.807) is 42.1 Å². The lowest BCUT2D eigenvalue weighted by molar-refractivity contribution is -0.143. The van der Waals surface area contributed by atoms with Crippen molar-refractivity contribution in [3.8, 4) is 34.7 Å². The Morgan fingerprint density at radius 1 is 1.29 bits per heavy atom. The molecule has 2 aromatic heterocycles. The molecule has 0 N–H and O–H groups in total. The number of carbonyl (C=O) groups is 1. The summed E-state index contributed by atoms with van der Waals surface area (Å²) in [6.07, 6.45) is 2.61. The number of fused-ring (bicyclic) bond motifs is 1. The average Bonchev–Trinajstić information content (AvgIpc) is 3.46. The number of esters is 1. The second-order valence-corrected chi connectivity index (χ2v) is 8.49. The molecule has 10 heteroatoms. The normalized spacial score (nSPS) is 11.1. The first-order chi connectivity index (χ1) is 16.9. The molecule has 9 nitrogen and oxygen atoms in total. The van der Waals surface area contributed by atoms with Gasteiger partial charge in [-0.3, -0.25) is 9.48 Å². The minimum Gasteiger partial charge on any atom is -0.490 e. The van der Waals surface area contributed by atoms with Crippen molar-refractivity contribution in [2.45, 2.75) is 46.3 Å². The molecule has 0 bridgehead atoms. The summed E-state index contributed by atoms with van der Waals surface area (Å²) in [6, 6.07) is 10.9. The molecule has 180 valence electrons. The smallest absolute Gasteiger partial charge is 0.305 e. The standard InChI is InChI=1S/C25H24ClN5O4/c1-4-33-23(32)6-5-9-31-21-12-20(26)19(11-18(21)14-28-31)24-29-25(35-30-24)16-7-8-22(34-15(2)3)17(10-16)13-27/h7-8,10-12,14-15H,4-6,9H2,1-3H3. The van der Waals surface area contributed by atoms with Crippen LogP contribution in [0.15, 0.2) is 41.1 Å². The van der Waals surface area contributed by atoms with Gasteiger partial charge < -0.3 is 14.0 Å². The second kappa shape index (κ2) is 10.6. The van der Waals surface area contributed by atoms with Crippen molar-refractivity contribution in [2.75, 3.05) is 6.61 Å². The zero-order chi connectivity index (χ0) is 24.9. The molecule has 0 amide bonds. The van der Waals surface area contributed by atoms with Crippen molar-refractivity contribution in [3.63, 3.8) is 0 Å². The number of halogens is 1. The number of benzene rings is 2. The Hall–Kier alpha value is -3.90. The average molecular weight is 494 g/mol. The highest BCUT2D eigenvalue weighted by atomic mass is 35.5. The zero-order valence-corrected chi connectivity index (χ0v) is 20.4. The van der Waals surface area contributed by atoms with Crippen LogP contribution in [0.5, 0.6) is 5.75 Å². The number of hydrogen-bond donors (Lipinski definition) is 0. The summed E-state index contributed by atoms with van der Waals surface area (Å²) < 4.78 is 17.9. The van der Waals surface area contributed by atoms with Crippen LogP contribution in [0.25, 0.3) is 33.7 Å². The Morgan fingerprint density at radius 2 is 2.11 bits per heavy atom. The maximum Gasteiger partial charge on any atom is 0.305 e. The van der Waals surface area contributed by atoms with Gasteiger partial charge in [0.05, 0.1) is 35.0 Å². The topological polar surface area (TPSA) is 116 Å². The molecule has 35 heavy (non-hydrogen) atoms. The van der Waals surface area contributed by atoms with E-state index >= 15 is 0 Å². The summed E-state index contributed by atoms with van der Waals surface area (Å²) >= 11 is 6.57. The number of nitrogens with zero attached hydrogens (tertiary/aromatic N) is 5. The van der Waals surface area contributed by atoms with Gasteiger partial charge in [-0.05, 0) is 57.5 Å². The van der Waals surface area contributed by atoms with Gasteiger partial charge >= 0.3 is 5.97 Å². The maximum absolute atomic E-state index is 11.6. The van der Waals surface area contributed by atoms with Gasteiger partial charge in [-0.15, -0.1) is 0 Å². The highest BCUT2D eigenvalue weighted by Gasteiger charge is 2.17. The van der Waals surface area contributed by atoms with E-state index in [4.69, 9.17) is 25.6 Å². The van der Waals surface area contributed by atoms with Gasteiger partial charge in [-0.25, -0.2) is 0 Å². The number of carbonyl (C=O) groups excluding carboxylic acids is 1. The van der Waals surface area contributed by atoms with Crippen LogP contribution in [0.3, 0.4) is 0 Å². The molecule has 0 fully saturated rings. The fourth-order valence-electron chi connectivity index (χ4n) is 3.61. The fraction of sp³-hybridized carbons (Fsp3) is 0.320. The predicted molar refractivity (Wildman–Crippen MR) is 130 cm³/mol. The van der Waals surface area contributed by atoms with E-state index in [0.29, 0.717) is 59.3 Å². The van der Waals surface area contributed by atoms with Crippen molar-refractivity contribution in [1.82, 2.24) is 19.9 Å². The lowest BCUT2D eigenvalue weighted by Gasteiger charge is -2.11. The van der Waals surface area contributed by atoms with Gasteiger partial charge in [0.1, 0.15) is 11.8 Å². The van der Waals surface area contributed by atoms with Gasteiger partial charge in [-0.1, -0.05) is 16.8 Å². The number of ether oxygens (including phenoxy) is 2. The maximum atomic E-state index is 11.6. The van der Waals surface area contributed by atoms with Crippen molar-refractivity contribution in [2.24, 2.45) is 0 Å². The monoisotopic (exact) mass is 493 g/mol. The first-order valence-corrected chi connectivity index (χ1v) is 11.6. The van der Waals surface area contributed by atoms with Gasteiger partial charge in [0.2, 0.25) is 5.82 Å². The molecule has 0 spiro atoms. The van der Waals surface area contributed by atoms with Crippen molar-refractivity contribution in [3.05, 3.63) is 47.1 Å². The molecule has 2 heterocycles. The molecule has 4 aromatic rings. The highest BCUT2D eigenvalue weighted by molar-refractivity contribution is 6.34. The van der Waals surface area contributed by atoms with E-state index in [0.717, 1.165) is 10.9 Å². The molecule has 0 aliphatic heterocycles. The van der Waals surface area contributed by atoms with Crippen molar-refractivity contribution >= 4 is 28.5 Å². The minimum atomic E-state index is -0.221. The van der Waals surface area contributed by atoms with Gasteiger partial charge in [0.25, 0.3) is 5.89 Å². The van der Waals surface area contributed by atoms with Crippen LogP contribution in [0.4, 0.5) is 0 Å². The van der Waals surface area contributed by atoms with E-state index in [1.165, 1.54) is 0 Å². The Bertz CT molecular complexity index is 1400. The van der Waals surface area contributed by atoms with Crippen LogP contribution in [0.2, 0.25) is 5.02 Å². The SMILES string of the molecule is CCOC(=O)CCCn1ncc2cc(-c3noc(-c4ccc(OC(C)C)c(C#N)c4)n3)c(Cl)cc21. The van der Waals surface area contributed by atoms with Crippen LogP contribution in [-0.2, 0) is 16.1 Å². The van der Waals surface area contributed by atoms with Crippen LogP contribution in [0.1, 0.15) is 39.2 Å².